The first-order chi connectivity index (χ1) is 10.2. The van der Waals surface area contributed by atoms with E-state index in [1.807, 2.05) is 31.2 Å². The molecule has 2 aromatic heterocycles. The number of ether oxygens (including phenoxy) is 1. The van der Waals surface area contributed by atoms with Gasteiger partial charge in [0.1, 0.15) is 0 Å². The van der Waals surface area contributed by atoms with E-state index < -0.39 is 0 Å². The number of hydrogen-bond donors (Lipinski definition) is 1. The molecule has 0 atom stereocenters. The maximum atomic E-state index is 12.1. The van der Waals surface area contributed by atoms with Crippen LogP contribution in [0.3, 0.4) is 0 Å². The first-order valence-corrected chi connectivity index (χ1v) is 6.77. The fourth-order valence-corrected chi connectivity index (χ4v) is 2.18. The number of H-pyrrole nitrogens is 1. The Morgan fingerprint density at radius 3 is 2.76 bits per heavy atom. The normalized spacial score (nSPS) is 10.8. The zero-order chi connectivity index (χ0) is 14.8. The van der Waals surface area contributed by atoms with Crippen LogP contribution in [0.4, 0.5) is 0 Å². The predicted molar refractivity (Wildman–Crippen MR) is 80.0 cm³/mol. The second-order valence-corrected chi connectivity index (χ2v) is 4.77. The predicted octanol–water partition coefficient (Wildman–Crippen LogP) is 3.11. The van der Waals surface area contributed by atoms with Gasteiger partial charge in [0.25, 0.3) is 0 Å². The van der Waals surface area contributed by atoms with Crippen molar-refractivity contribution in [2.24, 2.45) is 0 Å². The van der Waals surface area contributed by atoms with E-state index in [4.69, 9.17) is 4.74 Å². The molecule has 0 spiro atoms. The number of nitrogens with one attached hydrogen (secondary N) is 1. The summed E-state index contributed by atoms with van der Waals surface area (Å²) in [6.07, 6.45) is 1.59. The Kier molecular flexibility index (Phi) is 3.39. The highest BCUT2D eigenvalue weighted by atomic mass is 16.5. The fourth-order valence-electron chi connectivity index (χ4n) is 2.18. The molecular formula is C16H15N3O2. The third kappa shape index (κ3) is 2.50. The van der Waals surface area contributed by atoms with E-state index >= 15 is 0 Å². The highest BCUT2D eigenvalue weighted by molar-refractivity contribution is 6.03. The van der Waals surface area contributed by atoms with Crippen LogP contribution in [0.2, 0.25) is 0 Å². The maximum absolute atomic E-state index is 12.1. The van der Waals surface area contributed by atoms with E-state index in [2.05, 4.69) is 15.2 Å². The summed E-state index contributed by atoms with van der Waals surface area (Å²) in [4.78, 5) is 16.6. The lowest BCUT2D eigenvalue weighted by atomic mass is 10.1. The Morgan fingerprint density at radius 1 is 1.29 bits per heavy atom. The molecule has 1 N–H and O–H groups in total. The Hall–Kier alpha value is -2.69. The summed E-state index contributed by atoms with van der Waals surface area (Å²) in [5.74, 6) is -0.361. The summed E-state index contributed by atoms with van der Waals surface area (Å²) in [6.45, 7) is 4.15. The minimum Gasteiger partial charge on any atom is -0.462 e. The van der Waals surface area contributed by atoms with Crippen molar-refractivity contribution in [3.8, 4) is 11.3 Å². The molecule has 0 bridgehead atoms. The van der Waals surface area contributed by atoms with Crippen molar-refractivity contribution in [1.82, 2.24) is 15.2 Å². The van der Waals surface area contributed by atoms with Crippen LogP contribution in [0.15, 0.2) is 36.5 Å². The number of aromatic nitrogens is 3. The van der Waals surface area contributed by atoms with E-state index in [-0.39, 0.29) is 5.97 Å². The van der Waals surface area contributed by atoms with Gasteiger partial charge < -0.3 is 4.74 Å². The third-order valence-electron chi connectivity index (χ3n) is 3.27. The van der Waals surface area contributed by atoms with Gasteiger partial charge in [0.2, 0.25) is 0 Å². The Bertz CT molecular complexity index is 791. The molecule has 3 rings (SSSR count). The van der Waals surface area contributed by atoms with Gasteiger partial charge in [0.15, 0.2) is 5.65 Å². The molecule has 0 fully saturated rings. The number of fused-ring (bicyclic) bond motifs is 1. The SMILES string of the molecule is CCOC(=O)c1cc(-c2ccc(C)cc2)nc2[nH]ncc12. The second-order valence-electron chi connectivity index (χ2n) is 4.77. The lowest BCUT2D eigenvalue weighted by Gasteiger charge is -2.06. The van der Waals surface area contributed by atoms with E-state index in [9.17, 15) is 4.79 Å². The van der Waals surface area contributed by atoms with Crippen LogP contribution in [-0.4, -0.2) is 27.8 Å². The molecule has 1 aromatic carbocycles. The highest BCUT2D eigenvalue weighted by Crippen LogP contribution is 2.24. The van der Waals surface area contributed by atoms with Gasteiger partial charge in [-0.15, -0.1) is 0 Å². The lowest BCUT2D eigenvalue weighted by molar-refractivity contribution is 0.0528. The first kappa shape index (κ1) is 13.3. The number of aryl methyl sites for hydroxylation is 1. The smallest absolute Gasteiger partial charge is 0.339 e. The molecule has 106 valence electrons. The molecule has 3 aromatic rings. The van der Waals surface area contributed by atoms with E-state index in [1.165, 1.54) is 5.56 Å². The van der Waals surface area contributed by atoms with Crippen LogP contribution in [0.1, 0.15) is 22.8 Å². The van der Waals surface area contributed by atoms with Crippen LogP contribution in [0, 0.1) is 6.92 Å². The average molecular weight is 281 g/mol. The molecule has 0 unspecified atom stereocenters. The molecule has 2 heterocycles. The Labute approximate surface area is 122 Å². The second kappa shape index (κ2) is 5.36. The molecule has 0 saturated carbocycles. The summed E-state index contributed by atoms with van der Waals surface area (Å²) < 4.78 is 5.11. The molecular weight excluding hydrogens is 266 g/mol. The van der Waals surface area contributed by atoms with Crippen molar-refractivity contribution in [2.45, 2.75) is 13.8 Å². The van der Waals surface area contributed by atoms with Crippen molar-refractivity contribution < 1.29 is 9.53 Å². The van der Waals surface area contributed by atoms with E-state index in [0.29, 0.717) is 23.2 Å². The number of carbonyl (C=O) groups excluding carboxylic acids is 1. The molecule has 5 heteroatoms. The van der Waals surface area contributed by atoms with Crippen LogP contribution in [0.25, 0.3) is 22.3 Å². The summed E-state index contributed by atoms with van der Waals surface area (Å²) >= 11 is 0. The quantitative estimate of drug-likeness (QED) is 0.749. The number of pyridine rings is 1. The monoisotopic (exact) mass is 281 g/mol. The largest absolute Gasteiger partial charge is 0.462 e. The molecule has 21 heavy (non-hydrogen) atoms. The average Bonchev–Trinajstić information content (AvgIpc) is 2.95. The minimum absolute atomic E-state index is 0.334. The summed E-state index contributed by atoms with van der Waals surface area (Å²) in [5, 5.41) is 7.44. The van der Waals surface area contributed by atoms with Crippen molar-refractivity contribution in [2.75, 3.05) is 6.61 Å². The number of esters is 1. The van der Waals surface area contributed by atoms with Gasteiger partial charge in [-0.3, -0.25) is 5.10 Å². The van der Waals surface area contributed by atoms with E-state index in [1.54, 1.807) is 19.2 Å². The summed E-state index contributed by atoms with van der Waals surface area (Å²) in [6, 6.07) is 9.74. The van der Waals surface area contributed by atoms with Crippen molar-refractivity contribution in [3.63, 3.8) is 0 Å². The Balaban J connectivity index is 2.16. The number of carbonyl (C=O) groups is 1. The molecule has 0 amide bonds. The Morgan fingerprint density at radius 2 is 2.05 bits per heavy atom. The van der Waals surface area contributed by atoms with Gasteiger partial charge in [-0.1, -0.05) is 29.8 Å². The van der Waals surface area contributed by atoms with Crippen LogP contribution < -0.4 is 0 Å². The number of rotatable bonds is 3. The van der Waals surface area contributed by atoms with Crippen LogP contribution in [0.5, 0.6) is 0 Å². The van der Waals surface area contributed by atoms with Crippen LogP contribution in [-0.2, 0) is 4.74 Å². The zero-order valence-electron chi connectivity index (χ0n) is 11.9. The highest BCUT2D eigenvalue weighted by Gasteiger charge is 2.16. The zero-order valence-corrected chi connectivity index (χ0v) is 11.9. The number of aromatic amines is 1. The molecule has 0 aliphatic heterocycles. The molecule has 5 nitrogen and oxygen atoms in total. The first-order valence-electron chi connectivity index (χ1n) is 6.77. The number of nitrogens with zero attached hydrogens (tertiary/aromatic N) is 2. The van der Waals surface area contributed by atoms with Gasteiger partial charge in [0.05, 0.1) is 29.4 Å². The minimum atomic E-state index is -0.361. The van der Waals surface area contributed by atoms with Crippen molar-refractivity contribution in [3.05, 3.63) is 47.7 Å². The van der Waals surface area contributed by atoms with Gasteiger partial charge in [-0.25, -0.2) is 9.78 Å². The third-order valence-corrected chi connectivity index (χ3v) is 3.27. The summed E-state index contributed by atoms with van der Waals surface area (Å²) in [7, 11) is 0. The van der Waals surface area contributed by atoms with E-state index in [0.717, 1.165) is 11.3 Å². The molecule has 0 aliphatic carbocycles. The van der Waals surface area contributed by atoms with Gasteiger partial charge >= 0.3 is 5.97 Å². The standard InChI is InChI=1S/C16H15N3O2/c1-3-21-16(20)12-8-14(11-6-4-10(2)5-7-11)18-15-13(12)9-17-19-15/h4-9H,3H2,1-2H3,(H,17,18,19). The van der Waals surface area contributed by atoms with Crippen molar-refractivity contribution >= 4 is 17.0 Å². The van der Waals surface area contributed by atoms with Gasteiger partial charge in [-0.05, 0) is 19.9 Å². The number of benzene rings is 1. The topological polar surface area (TPSA) is 67.9 Å². The summed E-state index contributed by atoms with van der Waals surface area (Å²) in [5.41, 5.74) is 3.90. The maximum Gasteiger partial charge on any atom is 0.339 e. The molecule has 0 radical (unpaired) electrons. The number of hydrogen-bond acceptors (Lipinski definition) is 4. The van der Waals surface area contributed by atoms with Crippen molar-refractivity contribution in [1.29, 1.82) is 0 Å². The molecule has 0 aliphatic rings. The van der Waals surface area contributed by atoms with Gasteiger partial charge in [0, 0.05) is 5.56 Å². The fraction of sp³-hybridized carbons (Fsp3) is 0.188. The lowest BCUT2D eigenvalue weighted by Crippen LogP contribution is -2.06. The molecule has 0 saturated heterocycles. The van der Waals surface area contributed by atoms with Crippen LogP contribution >= 0.6 is 0 Å². The van der Waals surface area contributed by atoms with Gasteiger partial charge in [-0.2, -0.15) is 5.10 Å².